The van der Waals surface area contributed by atoms with Gasteiger partial charge in [0.1, 0.15) is 11.5 Å². The summed E-state index contributed by atoms with van der Waals surface area (Å²) in [5.41, 5.74) is 0.961. The maximum atomic E-state index is 5.17. The monoisotopic (exact) mass is 282 g/mol. The van der Waals surface area contributed by atoms with E-state index in [-0.39, 0.29) is 0 Å². The molecule has 0 saturated carbocycles. The summed E-state index contributed by atoms with van der Waals surface area (Å²) in [7, 11) is 1.64. The molecule has 16 heavy (non-hydrogen) atoms. The van der Waals surface area contributed by atoms with E-state index >= 15 is 0 Å². The molecule has 0 amide bonds. The summed E-state index contributed by atoms with van der Waals surface area (Å²) < 4.78 is 11.3. The Hall–Kier alpha value is -1.49. The van der Waals surface area contributed by atoms with E-state index < -0.39 is 0 Å². The number of rotatable bonds is 4. The number of methoxy groups -OCH3 is 1. The van der Waals surface area contributed by atoms with Crippen LogP contribution in [-0.2, 0) is 6.54 Å². The van der Waals surface area contributed by atoms with Gasteiger partial charge in [0, 0.05) is 16.2 Å². The Balaban J connectivity index is 2.06. The second-order valence-electron chi connectivity index (χ2n) is 3.20. The fourth-order valence-electron chi connectivity index (χ4n) is 1.30. The molecule has 0 aliphatic carbocycles. The Kier molecular flexibility index (Phi) is 3.46. The van der Waals surface area contributed by atoms with Gasteiger partial charge in [0.05, 0.1) is 19.9 Å². The maximum absolute atomic E-state index is 5.17. The molecular weight excluding hydrogens is 272 g/mol. The normalized spacial score (nSPS) is 10.1. The van der Waals surface area contributed by atoms with Crippen LogP contribution in [0, 0.1) is 0 Å². The Morgan fingerprint density at radius 1 is 1.44 bits per heavy atom. The Labute approximate surface area is 102 Å². The van der Waals surface area contributed by atoms with Crippen LogP contribution >= 0.6 is 15.9 Å². The lowest BCUT2D eigenvalue weighted by Crippen LogP contribution is -1.98. The molecule has 0 unspecified atom stereocenters. The summed E-state index contributed by atoms with van der Waals surface area (Å²) >= 11 is 3.42. The van der Waals surface area contributed by atoms with Gasteiger partial charge in [-0.25, -0.2) is 4.98 Å². The Morgan fingerprint density at radius 3 is 3.00 bits per heavy atom. The van der Waals surface area contributed by atoms with Gasteiger partial charge in [-0.2, -0.15) is 0 Å². The minimum atomic E-state index is 0.597. The second kappa shape index (κ2) is 5.03. The van der Waals surface area contributed by atoms with E-state index in [2.05, 4.69) is 26.2 Å². The highest BCUT2D eigenvalue weighted by Gasteiger charge is 2.01. The number of aromatic nitrogens is 1. The van der Waals surface area contributed by atoms with Crippen molar-refractivity contribution < 1.29 is 9.15 Å². The first-order valence-corrected chi connectivity index (χ1v) is 5.53. The van der Waals surface area contributed by atoms with E-state index in [9.17, 15) is 0 Å². The van der Waals surface area contributed by atoms with E-state index in [1.54, 1.807) is 13.3 Å². The van der Waals surface area contributed by atoms with Crippen LogP contribution in [0.1, 0.15) is 5.76 Å². The van der Waals surface area contributed by atoms with Crippen molar-refractivity contribution in [1.29, 1.82) is 0 Å². The van der Waals surface area contributed by atoms with Crippen molar-refractivity contribution in [2.75, 3.05) is 12.4 Å². The number of hydrogen-bond acceptors (Lipinski definition) is 4. The highest BCUT2D eigenvalue weighted by molar-refractivity contribution is 9.10. The largest absolute Gasteiger partial charge is 0.497 e. The van der Waals surface area contributed by atoms with Crippen LogP contribution in [-0.4, -0.2) is 12.1 Å². The third kappa shape index (κ3) is 2.76. The number of nitrogens with one attached hydrogen (secondary N) is 1. The van der Waals surface area contributed by atoms with Gasteiger partial charge in [0.2, 0.25) is 0 Å². The van der Waals surface area contributed by atoms with Gasteiger partial charge in [-0.3, -0.25) is 0 Å². The first-order valence-electron chi connectivity index (χ1n) is 4.74. The van der Waals surface area contributed by atoms with Gasteiger partial charge >= 0.3 is 0 Å². The molecule has 1 aromatic carbocycles. The van der Waals surface area contributed by atoms with E-state index in [0.717, 1.165) is 21.7 Å². The van der Waals surface area contributed by atoms with Crippen molar-refractivity contribution in [1.82, 2.24) is 4.98 Å². The predicted molar refractivity (Wildman–Crippen MR) is 64.5 cm³/mol. The molecular formula is C11H11BrN2O2. The first-order chi connectivity index (χ1) is 7.78. The van der Waals surface area contributed by atoms with E-state index in [1.807, 2.05) is 18.2 Å². The number of oxazole rings is 1. The molecule has 0 atom stereocenters. The molecule has 2 rings (SSSR count). The lowest BCUT2D eigenvalue weighted by molar-refractivity contribution is 0.414. The van der Waals surface area contributed by atoms with Gasteiger partial charge < -0.3 is 14.5 Å². The number of halogens is 1. The standard InChI is InChI=1S/C11H11BrN2O2/c1-15-10-3-8(12)2-9(4-10)14-6-11-5-13-7-16-11/h2-5,7,14H,6H2,1H3. The van der Waals surface area contributed by atoms with Crippen LogP contribution in [0.4, 0.5) is 5.69 Å². The smallest absolute Gasteiger partial charge is 0.180 e. The number of nitrogens with zero attached hydrogens (tertiary/aromatic N) is 1. The number of benzene rings is 1. The van der Waals surface area contributed by atoms with Crippen LogP contribution in [0.2, 0.25) is 0 Å². The number of anilines is 1. The van der Waals surface area contributed by atoms with Gasteiger partial charge in [0.25, 0.3) is 0 Å². The predicted octanol–water partition coefficient (Wildman–Crippen LogP) is 3.06. The van der Waals surface area contributed by atoms with Crippen LogP contribution in [0.25, 0.3) is 0 Å². The topological polar surface area (TPSA) is 47.3 Å². The number of hydrogen-bond donors (Lipinski definition) is 1. The average Bonchev–Trinajstić information content (AvgIpc) is 2.78. The Bertz CT molecular complexity index is 457. The van der Waals surface area contributed by atoms with Gasteiger partial charge in [-0.05, 0) is 12.1 Å². The summed E-state index contributed by atoms with van der Waals surface area (Å²) in [4.78, 5) is 3.85. The van der Waals surface area contributed by atoms with Crippen molar-refractivity contribution in [2.24, 2.45) is 0 Å². The highest BCUT2D eigenvalue weighted by atomic mass is 79.9. The highest BCUT2D eigenvalue weighted by Crippen LogP contribution is 2.24. The minimum Gasteiger partial charge on any atom is -0.497 e. The molecule has 0 aliphatic rings. The number of ether oxygens (including phenoxy) is 1. The summed E-state index contributed by atoms with van der Waals surface area (Å²) in [6.07, 6.45) is 3.10. The van der Waals surface area contributed by atoms with Crippen LogP contribution < -0.4 is 10.1 Å². The molecule has 0 fully saturated rings. The summed E-state index contributed by atoms with van der Waals surface area (Å²) in [6, 6.07) is 5.79. The molecule has 0 radical (unpaired) electrons. The molecule has 0 spiro atoms. The molecule has 4 nitrogen and oxygen atoms in total. The van der Waals surface area contributed by atoms with E-state index in [0.29, 0.717) is 6.54 Å². The molecule has 1 heterocycles. The van der Waals surface area contributed by atoms with Crippen molar-refractivity contribution in [3.05, 3.63) is 41.0 Å². The minimum absolute atomic E-state index is 0.597. The van der Waals surface area contributed by atoms with Gasteiger partial charge in [-0.15, -0.1) is 0 Å². The Morgan fingerprint density at radius 2 is 2.31 bits per heavy atom. The van der Waals surface area contributed by atoms with Gasteiger partial charge in [0.15, 0.2) is 6.39 Å². The van der Waals surface area contributed by atoms with Crippen molar-refractivity contribution in [3.63, 3.8) is 0 Å². The maximum Gasteiger partial charge on any atom is 0.180 e. The lowest BCUT2D eigenvalue weighted by Gasteiger charge is -2.07. The molecule has 0 aliphatic heterocycles. The van der Waals surface area contributed by atoms with E-state index in [1.165, 1.54) is 6.39 Å². The van der Waals surface area contributed by atoms with Crippen LogP contribution in [0.5, 0.6) is 5.75 Å². The van der Waals surface area contributed by atoms with Crippen LogP contribution in [0.15, 0.2) is 39.7 Å². The average molecular weight is 283 g/mol. The van der Waals surface area contributed by atoms with Crippen molar-refractivity contribution >= 4 is 21.6 Å². The van der Waals surface area contributed by atoms with Gasteiger partial charge in [-0.1, -0.05) is 15.9 Å². The van der Waals surface area contributed by atoms with Crippen molar-refractivity contribution in [3.8, 4) is 5.75 Å². The molecule has 0 bridgehead atoms. The zero-order chi connectivity index (χ0) is 11.4. The molecule has 84 valence electrons. The molecule has 1 aromatic heterocycles. The summed E-state index contributed by atoms with van der Waals surface area (Å²) in [5.74, 6) is 1.59. The zero-order valence-corrected chi connectivity index (χ0v) is 10.3. The SMILES string of the molecule is COc1cc(Br)cc(NCc2cnco2)c1. The van der Waals surface area contributed by atoms with Crippen molar-refractivity contribution in [2.45, 2.75) is 6.54 Å². The fraction of sp³-hybridized carbons (Fsp3) is 0.182. The lowest BCUT2D eigenvalue weighted by atomic mass is 10.3. The second-order valence-corrected chi connectivity index (χ2v) is 4.12. The third-order valence-electron chi connectivity index (χ3n) is 2.06. The fourth-order valence-corrected chi connectivity index (χ4v) is 1.77. The molecule has 2 aromatic rings. The zero-order valence-electron chi connectivity index (χ0n) is 8.74. The summed E-state index contributed by atoms with van der Waals surface area (Å²) in [6.45, 7) is 0.597. The first kappa shape index (κ1) is 11.0. The van der Waals surface area contributed by atoms with Crippen LogP contribution in [0.3, 0.4) is 0 Å². The molecule has 5 heteroatoms. The summed E-state index contributed by atoms with van der Waals surface area (Å²) in [5, 5.41) is 3.22. The van der Waals surface area contributed by atoms with E-state index in [4.69, 9.17) is 9.15 Å². The molecule has 1 N–H and O–H groups in total. The third-order valence-corrected chi connectivity index (χ3v) is 2.52. The molecule has 0 saturated heterocycles. The quantitative estimate of drug-likeness (QED) is 0.936.